The Morgan fingerprint density at radius 3 is 2.47 bits per heavy atom. The highest BCUT2D eigenvalue weighted by molar-refractivity contribution is 5.28. The van der Waals surface area contributed by atoms with Crippen LogP contribution in [-0.2, 0) is 6.42 Å². The molecule has 0 bridgehead atoms. The van der Waals surface area contributed by atoms with Gasteiger partial charge < -0.3 is 0 Å². The molecule has 2 rings (SSSR count). The SMILES string of the molecule is CC(C)(C)Cc1cccc(C2CCC2)c1. The van der Waals surface area contributed by atoms with Crippen molar-refractivity contribution in [2.45, 2.75) is 52.4 Å². The zero-order valence-electron chi connectivity index (χ0n) is 10.2. The monoisotopic (exact) mass is 202 g/mol. The van der Waals surface area contributed by atoms with Gasteiger partial charge in [-0.25, -0.2) is 0 Å². The summed E-state index contributed by atoms with van der Waals surface area (Å²) in [6, 6.07) is 9.23. The average molecular weight is 202 g/mol. The molecule has 0 radical (unpaired) electrons. The molecule has 1 aliphatic rings. The Hall–Kier alpha value is -0.780. The third-order valence-corrected chi connectivity index (χ3v) is 3.26. The van der Waals surface area contributed by atoms with Crippen molar-refractivity contribution in [2.75, 3.05) is 0 Å². The lowest BCUT2D eigenvalue weighted by Gasteiger charge is -2.27. The van der Waals surface area contributed by atoms with Crippen LogP contribution in [0.25, 0.3) is 0 Å². The zero-order valence-corrected chi connectivity index (χ0v) is 10.2. The van der Waals surface area contributed by atoms with E-state index in [0.29, 0.717) is 5.41 Å². The molecule has 0 aromatic heterocycles. The summed E-state index contributed by atoms with van der Waals surface area (Å²) in [7, 11) is 0. The summed E-state index contributed by atoms with van der Waals surface area (Å²) in [6.07, 6.45) is 5.42. The van der Waals surface area contributed by atoms with Gasteiger partial charge in [0.1, 0.15) is 0 Å². The van der Waals surface area contributed by atoms with Crippen LogP contribution in [0.5, 0.6) is 0 Å². The normalized spacial score (nSPS) is 17.5. The topological polar surface area (TPSA) is 0 Å². The summed E-state index contributed by atoms with van der Waals surface area (Å²) in [6.45, 7) is 6.93. The second kappa shape index (κ2) is 4.00. The van der Waals surface area contributed by atoms with Crippen molar-refractivity contribution in [1.29, 1.82) is 0 Å². The van der Waals surface area contributed by atoms with Crippen LogP contribution in [0.3, 0.4) is 0 Å². The molecule has 0 saturated heterocycles. The molecule has 1 aliphatic carbocycles. The first kappa shape index (κ1) is 10.7. The summed E-state index contributed by atoms with van der Waals surface area (Å²) < 4.78 is 0. The van der Waals surface area contributed by atoms with E-state index in [4.69, 9.17) is 0 Å². The van der Waals surface area contributed by atoms with Crippen LogP contribution < -0.4 is 0 Å². The van der Waals surface area contributed by atoms with Crippen molar-refractivity contribution < 1.29 is 0 Å². The van der Waals surface area contributed by atoms with Crippen LogP contribution in [0.2, 0.25) is 0 Å². The minimum atomic E-state index is 0.401. The lowest BCUT2D eigenvalue weighted by molar-refractivity contribution is 0.406. The van der Waals surface area contributed by atoms with Crippen molar-refractivity contribution in [2.24, 2.45) is 5.41 Å². The maximum absolute atomic E-state index is 2.43. The molecule has 0 spiro atoms. The second-order valence-corrected chi connectivity index (χ2v) is 6.11. The molecular weight excluding hydrogens is 180 g/mol. The van der Waals surface area contributed by atoms with Crippen LogP contribution in [0.4, 0.5) is 0 Å². The van der Waals surface area contributed by atoms with Crippen LogP contribution in [0.15, 0.2) is 24.3 Å². The van der Waals surface area contributed by atoms with Gasteiger partial charge >= 0.3 is 0 Å². The summed E-state index contributed by atoms with van der Waals surface area (Å²) in [5, 5.41) is 0. The van der Waals surface area contributed by atoms with Gasteiger partial charge in [0.2, 0.25) is 0 Å². The average Bonchev–Trinajstić information content (AvgIpc) is 1.97. The molecule has 0 N–H and O–H groups in total. The molecule has 15 heavy (non-hydrogen) atoms. The Balaban J connectivity index is 2.11. The minimum absolute atomic E-state index is 0.401. The fraction of sp³-hybridized carbons (Fsp3) is 0.600. The van der Waals surface area contributed by atoms with E-state index in [1.165, 1.54) is 31.2 Å². The van der Waals surface area contributed by atoms with E-state index >= 15 is 0 Å². The fourth-order valence-corrected chi connectivity index (χ4v) is 2.31. The molecule has 0 atom stereocenters. The first-order valence-electron chi connectivity index (χ1n) is 6.13. The predicted octanol–water partition coefficient (Wildman–Crippen LogP) is 4.54. The molecule has 0 unspecified atom stereocenters. The largest absolute Gasteiger partial charge is 0.0617 e. The first-order chi connectivity index (χ1) is 7.04. The highest BCUT2D eigenvalue weighted by Gasteiger charge is 2.20. The molecular formula is C15H22. The molecule has 0 heteroatoms. The van der Waals surface area contributed by atoms with Gasteiger partial charge in [-0.2, -0.15) is 0 Å². The summed E-state index contributed by atoms with van der Waals surface area (Å²) >= 11 is 0. The van der Waals surface area contributed by atoms with E-state index in [-0.39, 0.29) is 0 Å². The molecule has 1 aromatic rings. The van der Waals surface area contributed by atoms with Crippen molar-refractivity contribution in [1.82, 2.24) is 0 Å². The second-order valence-electron chi connectivity index (χ2n) is 6.11. The smallest absolute Gasteiger partial charge is 0.0162 e. The van der Waals surface area contributed by atoms with Crippen molar-refractivity contribution >= 4 is 0 Å². The number of hydrogen-bond donors (Lipinski definition) is 0. The molecule has 1 saturated carbocycles. The maximum Gasteiger partial charge on any atom is -0.0162 e. The lowest BCUT2D eigenvalue weighted by atomic mass is 9.78. The van der Waals surface area contributed by atoms with Gasteiger partial charge in [0, 0.05) is 0 Å². The Bertz CT molecular complexity index is 326. The van der Waals surface area contributed by atoms with E-state index in [1.54, 1.807) is 5.56 Å². The number of rotatable bonds is 2. The third-order valence-electron chi connectivity index (χ3n) is 3.26. The highest BCUT2D eigenvalue weighted by atomic mass is 14.2. The van der Waals surface area contributed by atoms with Gasteiger partial charge in [-0.15, -0.1) is 0 Å². The van der Waals surface area contributed by atoms with Gasteiger partial charge in [0.05, 0.1) is 0 Å². The predicted molar refractivity (Wildman–Crippen MR) is 66.2 cm³/mol. The quantitative estimate of drug-likeness (QED) is 0.660. The van der Waals surface area contributed by atoms with Crippen LogP contribution in [0, 0.1) is 5.41 Å². The fourth-order valence-electron chi connectivity index (χ4n) is 2.31. The summed E-state index contributed by atoms with van der Waals surface area (Å²) in [4.78, 5) is 0. The molecule has 0 aliphatic heterocycles. The van der Waals surface area contributed by atoms with Crippen molar-refractivity contribution in [3.05, 3.63) is 35.4 Å². The maximum atomic E-state index is 2.43. The van der Waals surface area contributed by atoms with E-state index in [1.807, 2.05) is 0 Å². The summed E-state index contributed by atoms with van der Waals surface area (Å²) in [5.41, 5.74) is 3.48. The van der Waals surface area contributed by atoms with E-state index in [2.05, 4.69) is 45.0 Å². The molecule has 0 amide bonds. The number of benzene rings is 1. The standard InChI is InChI=1S/C15H22/c1-15(2,3)11-12-6-4-9-14(10-12)13-7-5-8-13/h4,6,9-10,13H,5,7-8,11H2,1-3H3. The molecule has 1 fully saturated rings. The minimum Gasteiger partial charge on any atom is -0.0617 e. The van der Waals surface area contributed by atoms with Crippen molar-refractivity contribution in [3.63, 3.8) is 0 Å². The Morgan fingerprint density at radius 1 is 1.20 bits per heavy atom. The first-order valence-corrected chi connectivity index (χ1v) is 6.13. The number of hydrogen-bond acceptors (Lipinski definition) is 0. The third kappa shape index (κ3) is 2.84. The van der Waals surface area contributed by atoms with E-state index in [0.717, 1.165) is 5.92 Å². The molecule has 0 heterocycles. The molecule has 0 nitrogen and oxygen atoms in total. The van der Waals surface area contributed by atoms with Crippen LogP contribution in [0.1, 0.15) is 57.1 Å². The van der Waals surface area contributed by atoms with Gasteiger partial charge in [0.25, 0.3) is 0 Å². The van der Waals surface area contributed by atoms with E-state index < -0.39 is 0 Å². The van der Waals surface area contributed by atoms with Gasteiger partial charge in [-0.3, -0.25) is 0 Å². The lowest BCUT2D eigenvalue weighted by Crippen LogP contribution is -2.11. The van der Waals surface area contributed by atoms with Gasteiger partial charge in [-0.1, -0.05) is 51.5 Å². The van der Waals surface area contributed by atoms with Gasteiger partial charge in [0.15, 0.2) is 0 Å². The van der Waals surface area contributed by atoms with Crippen LogP contribution in [-0.4, -0.2) is 0 Å². The Morgan fingerprint density at radius 2 is 1.93 bits per heavy atom. The zero-order chi connectivity index (χ0) is 10.9. The summed E-state index contributed by atoms with van der Waals surface area (Å²) in [5.74, 6) is 0.866. The Labute approximate surface area is 93.7 Å². The molecule has 1 aromatic carbocycles. The highest BCUT2D eigenvalue weighted by Crippen LogP contribution is 2.36. The van der Waals surface area contributed by atoms with Crippen molar-refractivity contribution in [3.8, 4) is 0 Å². The van der Waals surface area contributed by atoms with E-state index in [9.17, 15) is 0 Å². The van der Waals surface area contributed by atoms with Crippen LogP contribution >= 0.6 is 0 Å². The Kier molecular flexibility index (Phi) is 2.86. The molecule has 82 valence electrons. The van der Waals surface area contributed by atoms with Gasteiger partial charge in [-0.05, 0) is 41.7 Å².